The van der Waals surface area contributed by atoms with Crippen LogP contribution in [0.2, 0.25) is 0 Å². The Balaban J connectivity index is 2.02. The van der Waals surface area contributed by atoms with Gasteiger partial charge in [0.1, 0.15) is 5.82 Å². The molecule has 0 saturated heterocycles. The Morgan fingerprint density at radius 3 is 2.59 bits per heavy atom. The number of aliphatic hydroxyl groups excluding tert-OH is 1. The van der Waals surface area contributed by atoms with Gasteiger partial charge in [-0.05, 0) is 43.9 Å². The van der Waals surface area contributed by atoms with Crippen LogP contribution in [0.15, 0.2) is 18.2 Å². The predicted molar refractivity (Wildman–Crippen MR) is 63.0 cm³/mol. The fourth-order valence-electron chi connectivity index (χ4n) is 2.14. The van der Waals surface area contributed by atoms with Crippen LogP contribution < -0.4 is 5.32 Å². The van der Waals surface area contributed by atoms with Crippen LogP contribution in [0.4, 0.5) is 10.1 Å². The fourth-order valence-corrected chi connectivity index (χ4v) is 2.14. The van der Waals surface area contributed by atoms with Gasteiger partial charge < -0.3 is 10.4 Å². The summed E-state index contributed by atoms with van der Waals surface area (Å²) in [6.07, 6.45) is 3.01. The first-order chi connectivity index (χ1) is 8.19. The summed E-state index contributed by atoms with van der Waals surface area (Å²) in [5.41, 5.74) is 0.762. The molecule has 4 heteroatoms. The Hall–Kier alpha value is -1.60. The molecular formula is C13H15FN2O. The van der Waals surface area contributed by atoms with E-state index in [-0.39, 0.29) is 12.1 Å². The minimum atomic E-state index is -0.393. The summed E-state index contributed by atoms with van der Waals surface area (Å²) in [5, 5.41) is 21.1. The third-order valence-electron chi connectivity index (χ3n) is 3.15. The molecule has 0 unspecified atom stereocenters. The normalized spacial score (nSPS) is 24.1. The summed E-state index contributed by atoms with van der Waals surface area (Å²) in [6, 6.07) is 6.55. The lowest BCUT2D eigenvalue weighted by Crippen LogP contribution is -2.28. The number of nitrogens with one attached hydrogen (secondary N) is 1. The zero-order chi connectivity index (χ0) is 12.3. The lowest BCUT2D eigenvalue weighted by molar-refractivity contribution is 0.126. The first-order valence-corrected chi connectivity index (χ1v) is 5.83. The molecule has 0 heterocycles. The lowest BCUT2D eigenvalue weighted by Gasteiger charge is -2.27. The molecule has 3 nitrogen and oxygen atoms in total. The van der Waals surface area contributed by atoms with Crippen LogP contribution in [-0.2, 0) is 0 Å². The quantitative estimate of drug-likeness (QED) is 0.826. The Labute approximate surface area is 99.9 Å². The number of rotatable bonds is 2. The van der Waals surface area contributed by atoms with Gasteiger partial charge in [-0.25, -0.2) is 4.39 Å². The van der Waals surface area contributed by atoms with Gasteiger partial charge in [0.05, 0.1) is 23.4 Å². The first-order valence-electron chi connectivity index (χ1n) is 5.83. The van der Waals surface area contributed by atoms with Crippen molar-refractivity contribution in [3.05, 3.63) is 29.6 Å². The number of nitriles is 1. The van der Waals surface area contributed by atoms with E-state index >= 15 is 0 Å². The molecule has 1 fully saturated rings. The van der Waals surface area contributed by atoms with E-state index in [1.807, 2.05) is 6.07 Å². The van der Waals surface area contributed by atoms with E-state index in [0.29, 0.717) is 11.3 Å². The highest BCUT2D eigenvalue weighted by Crippen LogP contribution is 2.24. The monoisotopic (exact) mass is 234 g/mol. The van der Waals surface area contributed by atoms with Crippen LogP contribution in [0, 0.1) is 17.1 Å². The van der Waals surface area contributed by atoms with E-state index in [0.717, 1.165) is 25.7 Å². The third kappa shape index (κ3) is 2.95. The van der Waals surface area contributed by atoms with Crippen molar-refractivity contribution in [3.8, 4) is 6.07 Å². The average molecular weight is 234 g/mol. The summed E-state index contributed by atoms with van der Waals surface area (Å²) >= 11 is 0. The molecule has 2 rings (SSSR count). The van der Waals surface area contributed by atoms with Gasteiger partial charge in [0.2, 0.25) is 0 Å². The molecule has 1 aromatic carbocycles. The second-order valence-electron chi connectivity index (χ2n) is 4.46. The summed E-state index contributed by atoms with van der Waals surface area (Å²) in [7, 11) is 0. The number of hydrogen-bond donors (Lipinski definition) is 2. The maximum Gasteiger partial charge on any atom is 0.147 e. The molecule has 0 aliphatic heterocycles. The van der Waals surface area contributed by atoms with E-state index in [1.165, 1.54) is 6.07 Å². The topological polar surface area (TPSA) is 56.0 Å². The zero-order valence-electron chi connectivity index (χ0n) is 9.49. The van der Waals surface area contributed by atoms with E-state index in [2.05, 4.69) is 5.32 Å². The molecule has 0 spiro atoms. The van der Waals surface area contributed by atoms with Gasteiger partial charge >= 0.3 is 0 Å². The molecule has 1 aliphatic rings. The van der Waals surface area contributed by atoms with Gasteiger partial charge in [-0.15, -0.1) is 0 Å². The molecule has 1 saturated carbocycles. The van der Waals surface area contributed by atoms with Gasteiger partial charge in [-0.3, -0.25) is 0 Å². The summed E-state index contributed by atoms with van der Waals surface area (Å²) in [6.45, 7) is 0. The van der Waals surface area contributed by atoms with Crippen LogP contribution in [0.1, 0.15) is 31.2 Å². The number of halogens is 1. The Morgan fingerprint density at radius 2 is 2.00 bits per heavy atom. The van der Waals surface area contributed by atoms with Crippen LogP contribution in [0.25, 0.3) is 0 Å². The van der Waals surface area contributed by atoms with Crippen molar-refractivity contribution in [1.82, 2.24) is 0 Å². The van der Waals surface area contributed by atoms with Crippen molar-refractivity contribution < 1.29 is 9.50 Å². The molecule has 0 radical (unpaired) electrons. The molecule has 2 N–H and O–H groups in total. The van der Waals surface area contributed by atoms with E-state index in [9.17, 15) is 9.50 Å². The fraction of sp³-hybridized carbons (Fsp3) is 0.462. The highest BCUT2D eigenvalue weighted by atomic mass is 19.1. The van der Waals surface area contributed by atoms with Crippen molar-refractivity contribution >= 4 is 5.69 Å². The molecule has 90 valence electrons. The van der Waals surface area contributed by atoms with Crippen molar-refractivity contribution in [3.63, 3.8) is 0 Å². The Kier molecular flexibility index (Phi) is 3.60. The largest absolute Gasteiger partial charge is 0.393 e. The minimum Gasteiger partial charge on any atom is -0.393 e. The van der Waals surface area contributed by atoms with Crippen molar-refractivity contribution in [2.45, 2.75) is 37.8 Å². The second kappa shape index (κ2) is 5.15. The molecule has 1 aromatic rings. The molecule has 1 aliphatic carbocycles. The van der Waals surface area contributed by atoms with Gasteiger partial charge in [0, 0.05) is 6.04 Å². The lowest BCUT2D eigenvalue weighted by atomic mass is 9.93. The minimum absolute atomic E-state index is 0.209. The number of hydrogen-bond acceptors (Lipinski definition) is 3. The van der Waals surface area contributed by atoms with Gasteiger partial charge in [0.25, 0.3) is 0 Å². The van der Waals surface area contributed by atoms with Gasteiger partial charge in [-0.1, -0.05) is 0 Å². The van der Waals surface area contributed by atoms with Crippen LogP contribution in [0.3, 0.4) is 0 Å². The van der Waals surface area contributed by atoms with Crippen LogP contribution in [-0.4, -0.2) is 17.3 Å². The average Bonchev–Trinajstić information content (AvgIpc) is 2.34. The van der Waals surface area contributed by atoms with Crippen molar-refractivity contribution in [2.24, 2.45) is 0 Å². The van der Waals surface area contributed by atoms with Gasteiger partial charge in [0.15, 0.2) is 0 Å². The SMILES string of the molecule is N#Cc1ccc(NC2CCC(O)CC2)c(F)c1. The Bertz CT molecular complexity index is 434. The molecule has 0 atom stereocenters. The summed E-state index contributed by atoms with van der Waals surface area (Å²) < 4.78 is 13.6. The molecule has 0 aromatic heterocycles. The van der Waals surface area contributed by atoms with Crippen molar-refractivity contribution in [2.75, 3.05) is 5.32 Å². The highest BCUT2D eigenvalue weighted by Gasteiger charge is 2.19. The van der Waals surface area contributed by atoms with Crippen molar-refractivity contribution in [1.29, 1.82) is 5.26 Å². The second-order valence-corrected chi connectivity index (χ2v) is 4.46. The van der Waals surface area contributed by atoms with Crippen LogP contribution in [0.5, 0.6) is 0 Å². The standard InChI is InChI=1S/C13H15FN2O/c14-12-7-9(8-15)1-6-13(12)16-10-2-4-11(17)5-3-10/h1,6-7,10-11,16-17H,2-5H2. The Morgan fingerprint density at radius 1 is 1.29 bits per heavy atom. The molecule has 0 bridgehead atoms. The smallest absolute Gasteiger partial charge is 0.147 e. The molecule has 17 heavy (non-hydrogen) atoms. The maximum atomic E-state index is 13.6. The number of benzene rings is 1. The molecule has 0 amide bonds. The van der Waals surface area contributed by atoms with Gasteiger partial charge in [-0.2, -0.15) is 5.26 Å². The maximum absolute atomic E-state index is 13.6. The summed E-state index contributed by atoms with van der Waals surface area (Å²) in [5.74, 6) is -0.393. The molecular weight excluding hydrogens is 219 g/mol. The first kappa shape index (κ1) is 11.9. The van der Waals surface area contributed by atoms with E-state index in [1.54, 1.807) is 12.1 Å². The predicted octanol–water partition coefficient (Wildman–Crippen LogP) is 2.41. The number of nitrogens with zero attached hydrogens (tertiary/aromatic N) is 1. The zero-order valence-corrected chi connectivity index (χ0v) is 9.49. The number of anilines is 1. The number of aliphatic hydroxyl groups is 1. The van der Waals surface area contributed by atoms with E-state index in [4.69, 9.17) is 5.26 Å². The third-order valence-corrected chi connectivity index (χ3v) is 3.15. The van der Waals surface area contributed by atoms with Crippen LogP contribution >= 0.6 is 0 Å². The highest BCUT2D eigenvalue weighted by molar-refractivity contribution is 5.49. The van der Waals surface area contributed by atoms with E-state index < -0.39 is 5.82 Å². The summed E-state index contributed by atoms with van der Waals surface area (Å²) in [4.78, 5) is 0.